The van der Waals surface area contributed by atoms with Crippen molar-refractivity contribution in [2.24, 2.45) is 0 Å². The number of rotatable bonds is 5. The number of pyridine rings is 1. The quantitative estimate of drug-likeness (QED) is 0.717. The SMILES string of the molecule is Cc1ccnc(N(CCCCl)C(C)C)c1. The second-order valence-electron chi connectivity index (χ2n) is 4.02. The smallest absolute Gasteiger partial charge is 0.128 e. The first kappa shape index (κ1) is 12.3. The lowest BCUT2D eigenvalue weighted by atomic mass is 10.2. The van der Waals surface area contributed by atoms with Crippen LogP contribution in [0, 0.1) is 6.92 Å². The molecule has 0 aromatic carbocycles. The van der Waals surface area contributed by atoms with Gasteiger partial charge in [-0.15, -0.1) is 11.6 Å². The average molecular weight is 227 g/mol. The van der Waals surface area contributed by atoms with E-state index in [0.717, 1.165) is 18.8 Å². The summed E-state index contributed by atoms with van der Waals surface area (Å²) in [5.41, 5.74) is 1.25. The number of halogens is 1. The van der Waals surface area contributed by atoms with E-state index in [1.54, 1.807) is 0 Å². The van der Waals surface area contributed by atoms with E-state index in [4.69, 9.17) is 11.6 Å². The molecule has 0 bridgehead atoms. The second kappa shape index (κ2) is 5.96. The van der Waals surface area contributed by atoms with Crippen LogP contribution in [0.15, 0.2) is 18.3 Å². The molecule has 0 atom stereocenters. The van der Waals surface area contributed by atoms with Crippen molar-refractivity contribution in [2.75, 3.05) is 17.3 Å². The van der Waals surface area contributed by atoms with Crippen molar-refractivity contribution < 1.29 is 0 Å². The van der Waals surface area contributed by atoms with Crippen LogP contribution in [0.2, 0.25) is 0 Å². The Kier molecular flexibility index (Phi) is 4.89. The van der Waals surface area contributed by atoms with Crippen molar-refractivity contribution in [2.45, 2.75) is 33.2 Å². The van der Waals surface area contributed by atoms with Crippen molar-refractivity contribution >= 4 is 17.4 Å². The van der Waals surface area contributed by atoms with Gasteiger partial charge in [0, 0.05) is 24.7 Å². The van der Waals surface area contributed by atoms with E-state index in [2.05, 4.69) is 36.7 Å². The van der Waals surface area contributed by atoms with Gasteiger partial charge in [-0.3, -0.25) is 0 Å². The van der Waals surface area contributed by atoms with Gasteiger partial charge in [-0.25, -0.2) is 4.98 Å². The lowest BCUT2D eigenvalue weighted by Crippen LogP contribution is -2.32. The molecule has 1 aromatic rings. The van der Waals surface area contributed by atoms with Crippen LogP contribution >= 0.6 is 11.6 Å². The summed E-state index contributed by atoms with van der Waals surface area (Å²) in [5.74, 6) is 1.75. The number of nitrogens with zero attached hydrogens (tertiary/aromatic N) is 2. The van der Waals surface area contributed by atoms with E-state index in [1.807, 2.05) is 12.3 Å². The van der Waals surface area contributed by atoms with Crippen molar-refractivity contribution in [3.8, 4) is 0 Å². The van der Waals surface area contributed by atoms with Crippen LogP contribution in [0.5, 0.6) is 0 Å². The summed E-state index contributed by atoms with van der Waals surface area (Å²) < 4.78 is 0. The fourth-order valence-corrected chi connectivity index (χ4v) is 1.66. The van der Waals surface area contributed by atoms with Crippen LogP contribution in [-0.2, 0) is 0 Å². The summed E-state index contributed by atoms with van der Waals surface area (Å²) in [6.07, 6.45) is 2.86. The monoisotopic (exact) mass is 226 g/mol. The summed E-state index contributed by atoms with van der Waals surface area (Å²) in [5, 5.41) is 0. The Morgan fingerprint density at radius 3 is 2.73 bits per heavy atom. The fraction of sp³-hybridized carbons (Fsp3) is 0.583. The highest BCUT2D eigenvalue weighted by Gasteiger charge is 2.10. The summed E-state index contributed by atoms with van der Waals surface area (Å²) in [7, 11) is 0. The van der Waals surface area contributed by atoms with E-state index in [1.165, 1.54) is 5.56 Å². The standard InChI is InChI=1S/C12H19ClN2/c1-10(2)15(8-4-6-13)12-9-11(3)5-7-14-12/h5,7,9-10H,4,6,8H2,1-3H3. The van der Waals surface area contributed by atoms with Crippen LogP contribution in [0.25, 0.3) is 0 Å². The van der Waals surface area contributed by atoms with Gasteiger partial charge in [0.05, 0.1) is 0 Å². The predicted octanol–water partition coefficient (Wildman–Crippen LogP) is 3.23. The third-order valence-corrected chi connectivity index (χ3v) is 2.62. The third kappa shape index (κ3) is 3.71. The maximum absolute atomic E-state index is 5.72. The molecule has 0 aliphatic heterocycles. The average Bonchev–Trinajstić information content (AvgIpc) is 2.18. The van der Waals surface area contributed by atoms with Gasteiger partial charge in [-0.05, 0) is 44.9 Å². The zero-order valence-corrected chi connectivity index (χ0v) is 10.5. The minimum atomic E-state index is 0.461. The Bertz CT molecular complexity index is 299. The van der Waals surface area contributed by atoms with E-state index in [0.29, 0.717) is 11.9 Å². The van der Waals surface area contributed by atoms with Crippen LogP contribution in [0.4, 0.5) is 5.82 Å². The first-order valence-electron chi connectivity index (χ1n) is 5.40. The van der Waals surface area contributed by atoms with Gasteiger partial charge in [-0.1, -0.05) is 0 Å². The Morgan fingerprint density at radius 2 is 2.20 bits per heavy atom. The third-order valence-electron chi connectivity index (χ3n) is 2.35. The molecule has 0 fully saturated rings. The maximum atomic E-state index is 5.72. The molecule has 0 radical (unpaired) electrons. The molecular formula is C12H19ClN2. The molecule has 1 rings (SSSR count). The molecule has 0 N–H and O–H groups in total. The van der Waals surface area contributed by atoms with Crippen molar-refractivity contribution in [3.63, 3.8) is 0 Å². The molecule has 0 aliphatic rings. The topological polar surface area (TPSA) is 16.1 Å². The van der Waals surface area contributed by atoms with E-state index in [9.17, 15) is 0 Å². The molecule has 0 aliphatic carbocycles. The summed E-state index contributed by atoms with van der Waals surface area (Å²) >= 11 is 5.72. The van der Waals surface area contributed by atoms with Gasteiger partial charge in [0.15, 0.2) is 0 Å². The number of anilines is 1. The van der Waals surface area contributed by atoms with Gasteiger partial charge in [0.2, 0.25) is 0 Å². The van der Waals surface area contributed by atoms with Crippen molar-refractivity contribution in [1.82, 2.24) is 4.98 Å². The molecule has 84 valence electrons. The molecule has 15 heavy (non-hydrogen) atoms. The van der Waals surface area contributed by atoms with Crippen LogP contribution in [0.1, 0.15) is 25.8 Å². The number of hydrogen-bond acceptors (Lipinski definition) is 2. The lowest BCUT2D eigenvalue weighted by molar-refractivity contribution is 0.663. The molecule has 1 aromatic heterocycles. The molecule has 2 nitrogen and oxygen atoms in total. The Balaban J connectivity index is 2.79. The number of aromatic nitrogens is 1. The first-order valence-corrected chi connectivity index (χ1v) is 5.94. The van der Waals surface area contributed by atoms with Gasteiger partial charge >= 0.3 is 0 Å². The fourth-order valence-electron chi connectivity index (χ4n) is 1.54. The largest absolute Gasteiger partial charge is 0.354 e. The predicted molar refractivity (Wildman–Crippen MR) is 66.8 cm³/mol. The van der Waals surface area contributed by atoms with E-state index in [-0.39, 0.29) is 0 Å². The molecule has 0 saturated heterocycles. The van der Waals surface area contributed by atoms with Gasteiger partial charge in [-0.2, -0.15) is 0 Å². The summed E-state index contributed by atoms with van der Waals surface area (Å²) in [4.78, 5) is 6.68. The molecule has 0 amide bonds. The minimum Gasteiger partial charge on any atom is -0.354 e. The molecule has 1 heterocycles. The van der Waals surface area contributed by atoms with Crippen LogP contribution < -0.4 is 4.90 Å². The van der Waals surface area contributed by atoms with Crippen LogP contribution in [-0.4, -0.2) is 23.5 Å². The lowest BCUT2D eigenvalue weighted by Gasteiger charge is -2.27. The first-order chi connectivity index (χ1) is 7.15. The highest BCUT2D eigenvalue weighted by Crippen LogP contribution is 2.15. The zero-order valence-electron chi connectivity index (χ0n) is 9.70. The zero-order chi connectivity index (χ0) is 11.3. The highest BCUT2D eigenvalue weighted by molar-refractivity contribution is 6.17. The van der Waals surface area contributed by atoms with Gasteiger partial charge < -0.3 is 4.90 Å². The molecular weight excluding hydrogens is 208 g/mol. The van der Waals surface area contributed by atoms with E-state index >= 15 is 0 Å². The Morgan fingerprint density at radius 1 is 1.47 bits per heavy atom. The highest BCUT2D eigenvalue weighted by atomic mass is 35.5. The molecule has 0 spiro atoms. The van der Waals surface area contributed by atoms with Crippen molar-refractivity contribution in [3.05, 3.63) is 23.9 Å². The molecule has 0 unspecified atom stereocenters. The number of aryl methyl sites for hydroxylation is 1. The maximum Gasteiger partial charge on any atom is 0.128 e. The normalized spacial score (nSPS) is 10.7. The number of alkyl halides is 1. The molecule has 0 saturated carbocycles. The van der Waals surface area contributed by atoms with Crippen molar-refractivity contribution in [1.29, 1.82) is 0 Å². The number of hydrogen-bond donors (Lipinski definition) is 0. The Labute approximate surface area is 97.3 Å². The summed E-state index contributed by atoms with van der Waals surface area (Å²) in [6, 6.07) is 4.60. The van der Waals surface area contributed by atoms with Crippen LogP contribution in [0.3, 0.4) is 0 Å². The van der Waals surface area contributed by atoms with E-state index < -0.39 is 0 Å². The van der Waals surface area contributed by atoms with Gasteiger partial charge in [0.1, 0.15) is 5.82 Å². The minimum absolute atomic E-state index is 0.461. The van der Waals surface area contributed by atoms with Gasteiger partial charge in [0.25, 0.3) is 0 Å². The summed E-state index contributed by atoms with van der Waals surface area (Å²) in [6.45, 7) is 7.42. The molecule has 3 heteroatoms. The Hall–Kier alpha value is -0.760. The second-order valence-corrected chi connectivity index (χ2v) is 4.40.